The van der Waals surface area contributed by atoms with Crippen LogP contribution in [0.15, 0.2) is 0 Å². The van der Waals surface area contributed by atoms with Crippen molar-refractivity contribution in [3.05, 3.63) is 0 Å². The van der Waals surface area contributed by atoms with Crippen LogP contribution in [0.5, 0.6) is 0 Å². The summed E-state index contributed by atoms with van der Waals surface area (Å²) in [5, 5.41) is 4.94. The van der Waals surface area contributed by atoms with Gasteiger partial charge in [-0.1, -0.05) is 39.0 Å². The third-order valence-electron chi connectivity index (χ3n) is 4.21. The minimum atomic E-state index is -0.0238. The van der Waals surface area contributed by atoms with Gasteiger partial charge in [-0.2, -0.15) is 0 Å². The molecule has 1 heterocycles. The molecule has 2 nitrogen and oxygen atoms in total. The van der Waals surface area contributed by atoms with Crippen LogP contribution in [-0.2, 0) is 4.74 Å². The lowest BCUT2D eigenvalue weighted by molar-refractivity contribution is -0.0480. The Morgan fingerprint density at radius 2 is 1.63 bits per heavy atom. The van der Waals surface area contributed by atoms with Crippen molar-refractivity contribution in [2.24, 2.45) is 0 Å². The maximum Gasteiger partial charge on any atom is 0.0767 e. The molecule has 0 aromatic carbocycles. The van der Waals surface area contributed by atoms with Gasteiger partial charge in [0, 0.05) is 12.1 Å². The predicted octanol–water partition coefficient (Wildman–Crippen LogP) is 4.69. The lowest BCUT2D eigenvalue weighted by Gasteiger charge is -2.45. The Kier molecular flexibility index (Phi) is 6.82. The molecule has 1 aliphatic heterocycles. The average molecular weight is 268 g/mol. The van der Waals surface area contributed by atoms with Crippen LogP contribution in [0.1, 0.15) is 86.0 Å². The van der Waals surface area contributed by atoms with Crippen molar-refractivity contribution in [2.75, 3.05) is 6.61 Å². The number of hydrogen-bond acceptors (Lipinski definition) is 1. The van der Waals surface area contributed by atoms with Crippen molar-refractivity contribution in [3.63, 3.8) is 0 Å². The van der Waals surface area contributed by atoms with Crippen molar-refractivity contribution < 1.29 is 4.74 Å². The monoisotopic (exact) mass is 268 g/mol. The second-order valence-electron chi connectivity index (χ2n) is 7.24. The van der Waals surface area contributed by atoms with Gasteiger partial charge in [-0.15, -0.1) is 0 Å². The first-order valence-corrected chi connectivity index (χ1v) is 8.23. The summed E-state index contributed by atoms with van der Waals surface area (Å²) in [5.74, 6) is 0. The zero-order valence-electron chi connectivity index (χ0n) is 13.8. The lowest BCUT2D eigenvalue weighted by Crippen LogP contribution is -2.58. The SMILES string of the molecule is CCCCCCCCOC1CCC(C)(C)[N]C1(C)C. The molecule has 0 bridgehead atoms. The van der Waals surface area contributed by atoms with Gasteiger partial charge in [0.15, 0.2) is 0 Å². The molecule has 113 valence electrons. The normalized spacial score (nSPS) is 25.4. The molecule has 1 aliphatic rings. The Hall–Kier alpha value is -0.0800. The van der Waals surface area contributed by atoms with E-state index in [1.165, 1.54) is 38.5 Å². The number of hydrogen-bond donors (Lipinski definition) is 0. The van der Waals surface area contributed by atoms with E-state index in [0.717, 1.165) is 19.4 Å². The third kappa shape index (κ3) is 6.27. The highest BCUT2D eigenvalue weighted by atomic mass is 16.5. The van der Waals surface area contributed by atoms with Gasteiger partial charge in [-0.25, -0.2) is 5.32 Å². The highest BCUT2D eigenvalue weighted by molar-refractivity contribution is 4.99. The molecule has 0 amide bonds. The van der Waals surface area contributed by atoms with Gasteiger partial charge in [0.1, 0.15) is 0 Å². The van der Waals surface area contributed by atoms with E-state index in [2.05, 4.69) is 34.6 Å². The molecule has 0 N–H and O–H groups in total. The summed E-state index contributed by atoms with van der Waals surface area (Å²) >= 11 is 0. The van der Waals surface area contributed by atoms with Crippen LogP contribution in [0.4, 0.5) is 0 Å². The van der Waals surface area contributed by atoms with Gasteiger partial charge in [0.2, 0.25) is 0 Å². The van der Waals surface area contributed by atoms with Crippen molar-refractivity contribution in [1.29, 1.82) is 0 Å². The molecule has 1 radical (unpaired) electrons. The third-order valence-corrected chi connectivity index (χ3v) is 4.21. The summed E-state index contributed by atoms with van der Waals surface area (Å²) in [6, 6.07) is 0. The largest absolute Gasteiger partial charge is 0.376 e. The molecule has 19 heavy (non-hydrogen) atoms. The maximum atomic E-state index is 6.10. The van der Waals surface area contributed by atoms with E-state index in [-0.39, 0.29) is 11.1 Å². The van der Waals surface area contributed by atoms with Crippen molar-refractivity contribution in [2.45, 2.75) is 103 Å². The van der Waals surface area contributed by atoms with E-state index in [1.54, 1.807) is 0 Å². The summed E-state index contributed by atoms with van der Waals surface area (Å²) in [5.41, 5.74) is 0.105. The molecule has 0 spiro atoms. The molecule has 1 saturated heterocycles. The first-order chi connectivity index (χ1) is 8.87. The second kappa shape index (κ2) is 7.64. The minimum Gasteiger partial charge on any atom is -0.376 e. The van der Waals surface area contributed by atoms with E-state index in [9.17, 15) is 0 Å². The van der Waals surface area contributed by atoms with Crippen molar-refractivity contribution in [1.82, 2.24) is 5.32 Å². The molecule has 2 heteroatoms. The quantitative estimate of drug-likeness (QED) is 0.586. The first kappa shape index (κ1) is 17.0. The van der Waals surface area contributed by atoms with E-state index < -0.39 is 0 Å². The zero-order valence-corrected chi connectivity index (χ0v) is 13.8. The lowest BCUT2D eigenvalue weighted by atomic mass is 9.80. The maximum absolute atomic E-state index is 6.10. The van der Waals surface area contributed by atoms with Crippen LogP contribution in [0, 0.1) is 0 Å². The van der Waals surface area contributed by atoms with Gasteiger partial charge in [-0.3, -0.25) is 0 Å². The van der Waals surface area contributed by atoms with Gasteiger partial charge >= 0.3 is 0 Å². The van der Waals surface area contributed by atoms with Crippen LogP contribution in [-0.4, -0.2) is 23.8 Å². The summed E-state index contributed by atoms with van der Waals surface area (Å²) in [6.07, 6.45) is 10.6. The smallest absolute Gasteiger partial charge is 0.0767 e. The van der Waals surface area contributed by atoms with Crippen LogP contribution in [0.2, 0.25) is 0 Å². The fourth-order valence-corrected chi connectivity index (χ4v) is 3.14. The molecule has 0 aromatic rings. The van der Waals surface area contributed by atoms with Gasteiger partial charge < -0.3 is 4.74 Å². The van der Waals surface area contributed by atoms with E-state index in [4.69, 9.17) is 10.1 Å². The zero-order chi connectivity index (χ0) is 14.4. The predicted molar refractivity (Wildman–Crippen MR) is 82.6 cm³/mol. The Morgan fingerprint density at radius 1 is 1.00 bits per heavy atom. The molecule has 0 aromatic heterocycles. The minimum absolute atomic E-state index is 0.0238. The highest BCUT2D eigenvalue weighted by Gasteiger charge is 2.41. The average Bonchev–Trinajstić information content (AvgIpc) is 2.28. The Labute approximate surface area is 120 Å². The number of ether oxygens (including phenoxy) is 1. The molecule has 1 unspecified atom stereocenters. The first-order valence-electron chi connectivity index (χ1n) is 8.23. The molecular formula is C17H34NO. The van der Waals surface area contributed by atoms with E-state index in [0.29, 0.717) is 6.10 Å². The molecular weight excluding hydrogens is 234 g/mol. The standard InChI is InChI=1S/C17H34NO/c1-6-7-8-9-10-11-14-19-15-12-13-16(2,3)18-17(15,4)5/h15H,6-14H2,1-5H3. The van der Waals surface area contributed by atoms with E-state index >= 15 is 0 Å². The summed E-state index contributed by atoms with van der Waals surface area (Å²) in [4.78, 5) is 0. The number of unbranched alkanes of at least 4 members (excludes halogenated alkanes) is 5. The number of nitrogens with zero attached hydrogens (tertiary/aromatic N) is 1. The molecule has 0 aliphatic carbocycles. The number of rotatable bonds is 8. The van der Waals surface area contributed by atoms with Gasteiger partial charge in [-0.05, 0) is 47.0 Å². The van der Waals surface area contributed by atoms with E-state index in [1.807, 2.05) is 0 Å². The Morgan fingerprint density at radius 3 is 2.26 bits per heavy atom. The summed E-state index contributed by atoms with van der Waals surface area (Å²) < 4.78 is 6.10. The summed E-state index contributed by atoms with van der Waals surface area (Å²) in [7, 11) is 0. The van der Waals surface area contributed by atoms with Crippen LogP contribution >= 0.6 is 0 Å². The molecule has 1 rings (SSSR count). The Bertz CT molecular complexity index is 248. The molecule has 1 atom stereocenters. The Balaban J connectivity index is 2.15. The molecule has 0 saturated carbocycles. The fraction of sp³-hybridized carbons (Fsp3) is 1.00. The van der Waals surface area contributed by atoms with Crippen LogP contribution in [0.25, 0.3) is 0 Å². The van der Waals surface area contributed by atoms with Crippen LogP contribution in [0.3, 0.4) is 0 Å². The highest BCUT2D eigenvalue weighted by Crippen LogP contribution is 2.32. The van der Waals surface area contributed by atoms with Gasteiger partial charge in [0.25, 0.3) is 0 Å². The fourth-order valence-electron chi connectivity index (χ4n) is 3.14. The topological polar surface area (TPSA) is 23.3 Å². The van der Waals surface area contributed by atoms with Gasteiger partial charge in [0.05, 0.1) is 11.6 Å². The van der Waals surface area contributed by atoms with Crippen LogP contribution < -0.4 is 5.32 Å². The molecule has 1 fully saturated rings. The number of piperidine rings is 1. The van der Waals surface area contributed by atoms with Crippen molar-refractivity contribution in [3.8, 4) is 0 Å². The summed E-state index contributed by atoms with van der Waals surface area (Å²) in [6.45, 7) is 12.1. The van der Waals surface area contributed by atoms with Crippen molar-refractivity contribution >= 4 is 0 Å². The second-order valence-corrected chi connectivity index (χ2v) is 7.24.